The van der Waals surface area contributed by atoms with E-state index in [-0.39, 0.29) is 18.0 Å². The maximum absolute atomic E-state index is 11.7. The van der Waals surface area contributed by atoms with E-state index in [0.29, 0.717) is 17.5 Å². The Labute approximate surface area is 131 Å². The van der Waals surface area contributed by atoms with E-state index in [1.165, 1.54) is 0 Å². The van der Waals surface area contributed by atoms with Crippen LogP contribution in [0.4, 0.5) is 0 Å². The van der Waals surface area contributed by atoms with Gasteiger partial charge in [0.05, 0.1) is 6.54 Å². The van der Waals surface area contributed by atoms with Gasteiger partial charge in [0.2, 0.25) is 5.91 Å². The molecule has 5 nitrogen and oxygen atoms in total. The largest absolute Gasteiger partial charge is 0.352 e. The minimum absolute atomic E-state index is 0.0804. The molecule has 1 aromatic rings. The van der Waals surface area contributed by atoms with Crippen LogP contribution in [-0.4, -0.2) is 31.0 Å². The molecule has 0 saturated heterocycles. The van der Waals surface area contributed by atoms with E-state index in [2.05, 4.69) is 20.9 Å². The van der Waals surface area contributed by atoms with Crippen molar-refractivity contribution in [1.82, 2.24) is 16.0 Å². The number of nitrogens with one attached hydrogen (secondary N) is 3. The third-order valence-corrected chi connectivity index (χ3v) is 2.93. The van der Waals surface area contributed by atoms with Crippen LogP contribution in [0.3, 0.4) is 0 Å². The summed E-state index contributed by atoms with van der Waals surface area (Å²) < 4.78 is 0. The smallest absolute Gasteiger partial charge is 0.239 e. The molecule has 0 aliphatic carbocycles. The van der Waals surface area contributed by atoms with Gasteiger partial charge in [-0.2, -0.15) is 0 Å². The SMILES string of the molecule is CN=C(NCC(=O)NC(C)(C)C)NCc1ccccc1Cl. The molecule has 0 bridgehead atoms. The van der Waals surface area contributed by atoms with Gasteiger partial charge in [-0.25, -0.2) is 0 Å². The maximum Gasteiger partial charge on any atom is 0.239 e. The molecule has 0 spiro atoms. The molecule has 0 aliphatic heterocycles. The Morgan fingerprint density at radius 1 is 1.24 bits per heavy atom. The fourth-order valence-corrected chi connectivity index (χ4v) is 1.87. The summed E-state index contributed by atoms with van der Waals surface area (Å²) in [5.74, 6) is 0.474. The van der Waals surface area contributed by atoms with E-state index in [1.54, 1.807) is 7.05 Å². The summed E-state index contributed by atoms with van der Waals surface area (Å²) in [7, 11) is 1.66. The number of aliphatic imine (C=N–C) groups is 1. The molecule has 0 unspecified atom stereocenters. The molecule has 3 N–H and O–H groups in total. The number of nitrogens with zero attached hydrogens (tertiary/aromatic N) is 1. The maximum atomic E-state index is 11.7. The lowest BCUT2D eigenvalue weighted by atomic mass is 10.1. The van der Waals surface area contributed by atoms with Gasteiger partial charge in [-0.15, -0.1) is 0 Å². The van der Waals surface area contributed by atoms with Gasteiger partial charge in [0.15, 0.2) is 5.96 Å². The van der Waals surface area contributed by atoms with Crippen LogP contribution in [0.2, 0.25) is 5.02 Å². The number of carbonyl (C=O) groups excluding carboxylic acids is 1. The predicted octanol–water partition coefficient (Wildman–Crippen LogP) is 1.92. The number of carbonyl (C=O) groups is 1. The Hall–Kier alpha value is -1.75. The molecule has 1 aromatic carbocycles. The summed E-state index contributed by atoms with van der Waals surface area (Å²) in [5.41, 5.74) is 0.731. The number of halogens is 1. The summed E-state index contributed by atoms with van der Waals surface area (Å²) in [6.07, 6.45) is 0. The zero-order valence-electron chi connectivity index (χ0n) is 13.0. The topological polar surface area (TPSA) is 65.5 Å². The van der Waals surface area contributed by atoms with E-state index in [1.807, 2.05) is 45.0 Å². The molecule has 6 heteroatoms. The number of guanidine groups is 1. The highest BCUT2D eigenvalue weighted by molar-refractivity contribution is 6.31. The monoisotopic (exact) mass is 310 g/mol. The second-order valence-electron chi connectivity index (χ2n) is 5.67. The van der Waals surface area contributed by atoms with E-state index in [4.69, 9.17) is 11.6 Å². The van der Waals surface area contributed by atoms with Crippen molar-refractivity contribution in [2.45, 2.75) is 32.9 Å². The van der Waals surface area contributed by atoms with Crippen LogP contribution in [0.5, 0.6) is 0 Å². The van der Waals surface area contributed by atoms with E-state index >= 15 is 0 Å². The Morgan fingerprint density at radius 2 is 1.90 bits per heavy atom. The molecular formula is C15H23ClN4O. The second kappa shape index (κ2) is 7.88. The van der Waals surface area contributed by atoms with Crippen molar-refractivity contribution in [3.63, 3.8) is 0 Å². The Bertz CT molecular complexity index is 509. The molecule has 1 amide bonds. The van der Waals surface area contributed by atoms with Crippen molar-refractivity contribution in [2.75, 3.05) is 13.6 Å². The Balaban J connectivity index is 2.43. The second-order valence-corrected chi connectivity index (χ2v) is 6.08. The lowest BCUT2D eigenvalue weighted by molar-refractivity contribution is -0.121. The first-order chi connectivity index (χ1) is 9.81. The summed E-state index contributed by atoms with van der Waals surface area (Å²) in [6.45, 7) is 6.53. The first kappa shape index (κ1) is 17.3. The van der Waals surface area contributed by atoms with Crippen molar-refractivity contribution >= 4 is 23.5 Å². The lowest BCUT2D eigenvalue weighted by Crippen LogP contribution is -2.48. The van der Waals surface area contributed by atoms with Gasteiger partial charge in [-0.3, -0.25) is 9.79 Å². The highest BCUT2D eigenvalue weighted by Crippen LogP contribution is 2.14. The molecular weight excluding hydrogens is 288 g/mol. The number of rotatable bonds is 4. The Morgan fingerprint density at radius 3 is 2.48 bits per heavy atom. The predicted molar refractivity (Wildman–Crippen MR) is 87.5 cm³/mol. The fourth-order valence-electron chi connectivity index (χ4n) is 1.67. The average Bonchev–Trinajstić information content (AvgIpc) is 2.38. The minimum atomic E-state index is -0.243. The van der Waals surface area contributed by atoms with Gasteiger partial charge in [-0.1, -0.05) is 29.8 Å². The van der Waals surface area contributed by atoms with Gasteiger partial charge < -0.3 is 16.0 Å². The molecule has 21 heavy (non-hydrogen) atoms. The van der Waals surface area contributed by atoms with Gasteiger partial charge >= 0.3 is 0 Å². The van der Waals surface area contributed by atoms with Gasteiger partial charge in [0, 0.05) is 24.2 Å². The third-order valence-electron chi connectivity index (χ3n) is 2.56. The number of benzene rings is 1. The van der Waals surface area contributed by atoms with Crippen molar-refractivity contribution < 1.29 is 4.79 Å². The summed E-state index contributed by atoms with van der Waals surface area (Å²) in [6, 6.07) is 7.59. The van der Waals surface area contributed by atoms with Crippen molar-refractivity contribution in [1.29, 1.82) is 0 Å². The molecule has 0 aliphatic rings. The Kier molecular flexibility index (Phi) is 6.49. The van der Waals surface area contributed by atoms with Crippen LogP contribution in [0.25, 0.3) is 0 Å². The van der Waals surface area contributed by atoms with Crippen molar-refractivity contribution in [3.8, 4) is 0 Å². The quantitative estimate of drug-likeness (QED) is 0.588. The number of hydrogen-bond donors (Lipinski definition) is 3. The molecule has 0 heterocycles. The van der Waals surface area contributed by atoms with Gasteiger partial charge in [-0.05, 0) is 32.4 Å². The first-order valence-electron chi connectivity index (χ1n) is 6.81. The van der Waals surface area contributed by atoms with Crippen LogP contribution in [-0.2, 0) is 11.3 Å². The first-order valence-corrected chi connectivity index (χ1v) is 7.18. The number of hydrogen-bond acceptors (Lipinski definition) is 2. The van der Waals surface area contributed by atoms with E-state index in [0.717, 1.165) is 5.56 Å². The van der Waals surface area contributed by atoms with Crippen molar-refractivity contribution in [2.24, 2.45) is 4.99 Å². The molecule has 0 atom stereocenters. The fraction of sp³-hybridized carbons (Fsp3) is 0.467. The molecule has 116 valence electrons. The van der Waals surface area contributed by atoms with Crippen LogP contribution in [0.15, 0.2) is 29.3 Å². The minimum Gasteiger partial charge on any atom is -0.352 e. The summed E-state index contributed by atoms with van der Waals surface area (Å²) in [4.78, 5) is 15.8. The molecule has 1 rings (SSSR count). The molecule has 0 fully saturated rings. The van der Waals surface area contributed by atoms with Crippen LogP contribution >= 0.6 is 11.6 Å². The van der Waals surface area contributed by atoms with Crippen LogP contribution in [0.1, 0.15) is 26.3 Å². The molecule has 0 aromatic heterocycles. The normalized spacial score (nSPS) is 12.0. The number of amides is 1. The molecule has 0 radical (unpaired) electrons. The standard InChI is InChI=1S/C15H23ClN4O/c1-15(2,3)20-13(21)10-19-14(17-4)18-9-11-7-5-6-8-12(11)16/h5-8H,9-10H2,1-4H3,(H,20,21)(H2,17,18,19). The van der Waals surface area contributed by atoms with E-state index in [9.17, 15) is 4.79 Å². The van der Waals surface area contributed by atoms with Gasteiger partial charge in [0.25, 0.3) is 0 Å². The molecule has 0 saturated carbocycles. The highest BCUT2D eigenvalue weighted by atomic mass is 35.5. The van der Waals surface area contributed by atoms with Crippen LogP contribution < -0.4 is 16.0 Å². The van der Waals surface area contributed by atoms with E-state index < -0.39 is 0 Å². The summed E-state index contributed by atoms with van der Waals surface area (Å²) in [5, 5.41) is 9.66. The zero-order valence-corrected chi connectivity index (χ0v) is 13.7. The van der Waals surface area contributed by atoms with Gasteiger partial charge in [0.1, 0.15) is 0 Å². The zero-order chi connectivity index (χ0) is 15.9. The average molecular weight is 311 g/mol. The third kappa shape index (κ3) is 6.99. The van der Waals surface area contributed by atoms with Crippen LogP contribution in [0, 0.1) is 0 Å². The lowest BCUT2D eigenvalue weighted by Gasteiger charge is -2.21. The van der Waals surface area contributed by atoms with Crippen molar-refractivity contribution in [3.05, 3.63) is 34.9 Å². The summed E-state index contributed by atoms with van der Waals surface area (Å²) >= 11 is 6.09. The highest BCUT2D eigenvalue weighted by Gasteiger charge is 2.13.